The molecule has 0 aliphatic heterocycles. The first-order valence-corrected chi connectivity index (χ1v) is 18.7. The third-order valence-electron chi connectivity index (χ3n) is 6.76. The van der Waals surface area contributed by atoms with Crippen molar-refractivity contribution >= 4 is 53.7 Å². The molecule has 0 amide bonds. The lowest BCUT2D eigenvalue weighted by molar-refractivity contribution is -0.140. The molecule has 63 heavy (non-hydrogen) atoms. The summed E-state index contributed by atoms with van der Waals surface area (Å²) in [7, 11) is 0. The van der Waals surface area contributed by atoms with Crippen LogP contribution in [-0.4, -0.2) is 170 Å². The number of ether oxygens (including phenoxy) is 12. The second kappa shape index (κ2) is 35.1. The van der Waals surface area contributed by atoms with Crippen molar-refractivity contribution in [3.05, 3.63) is 75.9 Å². The van der Waals surface area contributed by atoms with Crippen molar-refractivity contribution in [3.8, 4) is 0 Å². The van der Waals surface area contributed by atoms with Gasteiger partial charge in [0.05, 0.1) is 39.6 Å². The molecule has 0 N–H and O–H groups in total. The van der Waals surface area contributed by atoms with Gasteiger partial charge in [0.15, 0.2) is 0 Å². The van der Waals surface area contributed by atoms with Crippen LogP contribution >= 0.6 is 0 Å². The smallest absolute Gasteiger partial charge is 0.330 e. The monoisotopic (exact) mass is 894 g/mol. The largest absolute Gasteiger partial charge is 0.460 e. The summed E-state index contributed by atoms with van der Waals surface area (Å²) in [6, 6.07) is 0. The molecule has 1 aromatic rings. The minimum Gasteiger partial charge on any atom is -0.460 e. The lowest BCUT2D eigenvalue weighted by Gasteiger charge is -2.28. The van der Waals surface area contributed by atoms with Crippen molar-refractivity contribution in [1.82, 2.24) is 15.0 Å². The number of hydrogen-bond donors (Lipinski definition) is 0. The summed E-state index contributed by atoms with van der Waals surface area (Å²) in [4.78, 5) is 87.6. The van der Waals surface area contributed by atoms with Gasteiger partial charge in [-0.05, 0) is 0 Å². The first kappa shape index (κ1) is 54.4. The molecule has 24 heteroatoms. The molecule has 1 heterocycles. The molecule has 0 saturated heterocycles. The van der Waals surface area contributed by atoms with Crippen molar-refractivity contribution in [2.24, 2.45) is 0 Å². The number of rotatable bonds is 39. The fourth-order valence-corrected chi connectivity index (χ4v) is 3.83. The fraction of sp³-hybridized carbons (Fsp3) is 0.462. The van der Waals surface area contributed by atoms with Crippen LogP contribution in [0.3, 0.4) is 0 Å². The Labute approximate surface area is 364 Å². The lowest BCUT2D eigenvalue weighted by atomic mass is 10.6. The van der Waals surface area contributed by atoms with Crippen LogP contribution in [-0.2, 0) is 85.6 Å². The van der Waals surface area contributed by atoms with E-state index in [1.807, 2.05) is 0 Å². The van der Waals surface area contributed by atoms with Gasteiger partial charge in [0.1, 0.15) is 80.0 Å². The SMILES string of the molecule is C=CC(=O)OCCOCN(COCCOC(=O)C=C)c1nc(N(COCCOC(=O)C=C)COCCOC(=O)C=C)nc(N(COCCOC(=O)C=C)COCCOC(=O)C=C)n1. The van der Waals surface area contributed by atoms with Crippen LogP contribution in [0.5, 0.6) is 0 Å². The highest BCUT2D eigenvalue weighted by Gasteiger charge is 2.22. The molecule has 0 aromatic carbocycles. The predicted octanol–water partition coefficient (Wildman–Crippen LogP) is 0.511. The second-order valence-electron chi connectivity index (χ2n) is 11.3. The van der Waals surface area contributed by atoms with Gasteiger partial charge in [-0.1, -0.05) is 39.5 Å². The van der Waals surface area contributed by atoms with Gasteiger partial charge < -0.3 is 56.8 Å². The van der Waals surface area contributed by atoms with E-state index in [4.69, 9.17) is 56.8 Å². The molecule has 1 aromatic heterocycles. The molecule has 348 valence electrons. The summed E-state index contributed by atoms with van der Waals surface area (Å²) in [6.45, 7) is 17.2. The highest BCUT2D eigenvalue weighted by atomic mass is 16.6. The average Bonchev–Trinajstić information content (AvgIpc) is 3.30. The highest BCUT2D eigenvalue weighted by Crippen LogP contribution is 2.20. The molecular formula is C39H54N6O18. The van der Waals surface area contributed by atoms with Gasteiger partial charge in [0, 0.05) is 36.5 Å². The number of aromatic nitrogens is 3. The molecule has 0 unspecified atom stereocenters. The molecule has 0 aliphatic rings. The van der Waals surface area contributed by atoms with Gasteiger partial charge in [-0.3, -0.25) is 14.7 Å². The van der Waals surface area contributed by atoms with Crippen molar-refractivity contribution in [2.75, 3.05) is 134 Å². The Balaban J connectivity index is 3.71. The van der Waals surface area contributed by atoms with E-state index in [2.05, 4.69) is 54.4 Å². The summed E-state index contributed by atoms with van der Waals surface area (Å²) >= 11 is 0. The summed E-state index contributed by atoms with van der Waals surface area (Å²) < 4.78 is 64.5. The Hall–Kier alpha value is -6.57. The van der Waals surface area contributed by atoms with E-state index < -0.39 is 35.8 Å². The van der Waals surface area contributed by atoms with Crippen LogP contribution in [0, 0.1) is 0 Å². The highest BCUT2D eigenvalue weighted by molar-refractivity contribution is 5.82. The quantitative estimate of drug-likeness (QED) is 0.0287. The molecule has 1 rings (SSSR count). The zero-order chi connectivity index (χ0) is 46.5. The Morgan fingerprint density at radius 1 is 0.317 bits per heavy atom. The maximum absolute atomic E-state index is 11.6. The van der Waals surface area contributed by atoms with Crippen molar-refractivity contribution < 1.29 is 85.6 Å². The van der Waals surface area contributed by atoms with Crippen LogP contribution in [0.15, 0.2) is 75.9 Å². The van der Waals surface area contributed by atoms with E-state index in [9.17, 15) is 28.8 Å². The molecule has 0 saturated carbocycles. The standard InChI is InChI=1S/C39H54N6O18/c1-7-31(46)58-19-13-52-25-43(26-53-14-20-59-32(47)8-2)37-40-38(44(27-54-15-21-60-33(48)9-3)28-55-16-22-61-34(49)10-4)42-39(41-37)45(29-56-17-23-62-35(50)11-5)30-57-18-24-63-36(51)12-6/h7-12H,1-6,13-30H2. The molecular weight excluding hydrogens is 840 g/mol. The van der Waals surface area contributed by atoms with E-state index in [0.717, 1.165) is 36.5 Å². The Bertz CT molecular complexity index is 1360. The molecule has 24 nitrogen and oxygen atoms in total. The van der Waals surface area contributed by atoms with Crippen LogP contribution in [0.2, 0.25) is 0 Å². The van der Waals surface area contributed by atoms with Crippen LogP contribution in [0.4, 0.5) is 17.8 Å². The fourth-order valence-electron chi connectivity index (χ4n) is 3.83. The summed E-state index contributed by atoms with van der Waals surface area (Å²) in [6.07, 6.45) is 5.97. The number of anilines is 3. The van der Waals surface area contributed by atoms with Crippen molar-refractivity contribution in [3.63, 3.8) is 0 Å². The molecule has 0 bridgehead atoms. The topological polar surface area (TPSA) is 262 Å². The zero-order valence-electron chi connectivity index (χ0n) is 35.0. The Morgan fingerprint density at radius 2 is 0.476 bits per heavy atom. The molecule has 0 spiro atoms. The first-order valence-electron chi connectivity index (χ1n) is 18.7. The maximum Gasteiger partial charge on any atom is 0.330 e. The number of carbonyl (C=O) groups is 6. The first-order chi connectivity index (χ1) is 30.5. The maximum atomic E-state index is 11.6. The summed E-state index contributed by atoms with van der Waals surface area (Å²) in [5.74, 6) is -4.24. The Morgan fingerprint density at radius 3 is 0.619 bits per heavy atom. The minimum atomic E-state index is -0.663. The van der Waals surface area contributed by atoms with Crippen molar-refractivity contribution in [2.45, 2.75) is 0 Å². The summed E-state index contributed by atoms with van der Waals surface area (Å²) in [5, 5.41) is 0. The van der Waals surface area contributed by atoms with E-state index in [1.54, 1.807) is 0 Å². The molecule has 0 fully saturated rings. The number of hydrogen-bond acceptors (Lipinski definition) is 24. The lowest BCUT2D eigenvalue weighted by Crippen LogP contribution is -2.37. The van der Waals surface area contributed by atoms with E-state index in [1.165, 1.54) is 14.7 Å². The third-order valence-corrected chi connectivity index (χ3v) is 6.76. The van der Waals surface area contributed by atoms with Crippen LogP contribution in [0.25, 0.3) is 0 Å². The van der Waals surface area contributed by atoms with Gasteiger partial charge in [0.25, 0.3) is 0 Å². The van der Waals surface area contributed by atoms with Gasteiger partial charge in [-0.2, -0.15) is 15.0 Å². The van der Waals surface area contributed by atoms with Gasteiger partial charge in [0.2, 0.25) is 17.8 Å². The Kier molecular flexibility index (Phi) is 30.3. The van der Waals surface area contributed by atoms with Crippen molar-refractivity contribution in [1.29, 1.82) is 0 Å². The normalized spacial score (nSPS) is 10.3. The number of nitrogens with zero attached hydrogens (tertiary/aromatic N) is 6. The van der Waals surface area contributed by atoms with Gasteiger partial charge in [-0.15, -0.1) is 0 Å². The average molecular weight is 895 g/mol. The van der Waals surface area contributed by atoms with E-state index in [0.29, 0.717) is 0 Å². The van der Waals surface area contributed by atoms with Gasteiger partial charge in [-0.25, -0.2) is 28.8 Å². The molecule has 0 aliphatic carbocycles. The van der Waals surface area contributed by atoms with E-state index in [-0.39, 0.29) is 138 Å². The van der Waals surface area contributed by atoms with E-state index >= 15 is 0 Å². The van der Waals surface area contributed by atoms with Gasteiger partial charge >= 0.3 is 35.8 Å². The van der Waals surface area contributed by atoms with Crippen LogP contribution in [0.1, 0.15) is 0 Å². The summed E-state index contributed by atoms with van der Waals surface area (Å²) in [5.41, 5.74) is 0. The zero-order valence-corrected chi connectivity index (χ0v) is 35.0. The number of carbonyl (C=O) groups excluding carboxylic acids is 6. The molecule has 0 atom stereocenters. The van der Waals surface area contributed by atoms with Crippen LogP contribution < -0.4 is 14.7 Å². The second-order valence-corrected chi connectivity index (χ2v) is 11.3. The number of esters is 6. The minimum absolute atomic E-state index is 0.0842. The predicted molar refractivity (Wildman–Crippen MR) is 219 cm³/mol. The molecule has 0 radical (unpaired) electrons. The third kappa shape index (κ3) is 26.4.